The first-order valence-corrected chi connectivity index (χ1v) is 8.52. The van der Waals surface area contributed by atoms with Crippen LogP contribution in [0, 0.1) is 0 Å². The highest BCUT2D eigenvalue weighted by atomic mass is 32.2. The van der Waals surface area contributed by atoms with Gasteiger partial charge in [-0.3, -0.25) is 0 Å². The van der Waals surface area contributed by atoms with Gasteiger partial charge in [0.15, 0.2) is 0 Å². The third-order valence-electron chi connectivity index (χ3n) is 3.54. The highest BCUT2D eigenvalue weighted by Crippen LogP contribution is 2.33. The molecule has 0 atom stereocenters. The van der Waals surface area contributed by atoms with Crippen molar-refractivity contribution in [2.45, 2.75) is 45.3 Å². The minimum absolute atomic E-state index is 0.297. The van der Waals surface area contributed by atoms with Crippen LogP contribution in [0.2, 0.25) is 0 Å². The second-order valence-corrected chi connectivity index (χ2v) is 7.64. The van der Waals surface area contributed by atoms with Gasteiger partial charge in [0, 0.05) is 35.7 Å². The average Bonchev–Trinajstić information content (AvgIpc) is 2.43. The maximum Gasteiger partial charge on any atom is 0.137 e. The molecular formula is C15H26N4S. The Hall–Kier alpha value is -0.970. The monoisotopic (exact) mass is 294 g/mol. The zero-order valence-electron chi connectivity index (χ0n) is 13.1. The van der Waals surface area contributed by atoms with Gasteiger partial charge in [0.1, 0.15) is 18.0 Å². The zero-order chi connectivity index (χ0) is 14.6. The van der Waals surface area contributed by atoms with Crippen LogP contribution in [0.15, 0.2) is 6.33 Å². The number of aromatic nitrogens is 2. The number of thioether (sulfide) groups is 1. The Kier molecular flexibility index (Phi) is 5.13. The van der Waals surface area contributed by atoms with Gasteiger partial charge in [0.05, 0.1) is 0 Å². The first kappa shape index (κ1) is 15.4. The quantitative estimate of drug-likeness (QED) is 0.903. The topological polar surface area (TPSA) is 41.1 Å². The van der Waals surface area contributed by atoms with Crippen LogP contribution < -0.4 is 10.2 Å². The lowest BCUT2D eigenvalue weighted by atomic mass is 10.1. The van der Waals surface area contributed by atoms with Crippen LogP contribution in [-0.4, -0.2) is 40.1 Å². The molecule has 0 aliphatic carbocycles. The summed E-state index contributed by atoms with van der Waals surface area (Å²) in [6.45, 7) is 12.1. The number of anilines is 2. The van der Waals surface area contributed by atoms with Crippen LogP contribution in [0.5, 0.6) is 0 Å². The Bertz CT molecular complexity index is 447. The lowest BCUT2D eigenvalue weighted by molar-refractivity contribution is 0.639. The van der Waals surface area contributed by atoms with E-state index in [1.807, 2.05) is 11.8 Å². The molecule has 1 aromatic rings. The molecule has 0 spiro atoms. The van der Waals surface area contributed by atoms with E-state index in [0.717, 1.165) is 49.9 Å². The Morgan fingerprint density at radius 1 is 1.35 bits per heavy atom. The summed E-state index contributed by atoms with van der Waals surface area (Å²) in [5.41, 5.74) is 1.25. The van der Waals surface area contributed by atoms with Crippen molar-refractivity contribution >= 4 is 23.4 Å². The molecular weight excluding hydrogens is 268 g/mol. The number of hydrogen-bond acceptors (Lipinski definition) is 5. The lowest BCUT2D eigenvalue weighted by Crippen LogP contribution is -2.44. The Morgan fingerprint density at radius 2 is 2.15 bits per heavy atom. The molecule has 1 N–H and O–H groups in total. The van der Waals surface area contributed by atoms with Crippen molar-refractivity contribution in [2.75, 3.05) is 35.6 Å². The van der Waals surface area contributed by atoms with Crippen molar-refractivity contribution in [2.24, 2.45) is 0 Å². The second-order valence-electron chi connectivity index (χ2n) is 5.83. The van der Waals surface area contributed by atoms with Crippen molar-refractivity contribution in [1.29, 1.82) is 0 Å². The standard InChI is InChI=1S/C15H26N4S/c1-5-7-16-13-12(6-2)14(18-11-17-13)19-8-9-20-15(3,4)10-19/h11H,5-10H2,1-4H3,(H,16,17,18). The second kappa shape index (κ2) is 6.66. The van der Waals surface area contributed by atoms with E-state index in [1.54, 1.807) is 6.33 Å². The minimum Gasteiger partial charge on any atom is -0.370 e. The maximum atomic E-state index is 4.57. The third-order valence-corrected chi connectivity index (χ3v) is 4.84. The molecule has 1 aliphatic rings. The summed E-state index contributed by atoms with van der Waals surface area (Å²) in [6.07, 6.45) is 3.77. The van der Waals surface area contributed by atoms with E-state index in [0.29, 0.717) is 4.75 Å². The number of nitrogens with zero attached hydrogens (tertiary/aromatic N) is 3. The minimum atomic E-state index is 0.297. The third kappa shape index (κ3) is 3.57. The summed E-state index contributed by atoms with van der Waals surface area (Å²) in [6, 6.07) is 0. The number of rotatable bonds is 5. The van der Waals surface area contributed by atoms with Crippen molar-refractivity contribution in [1.82, 2.24) is 9.97 Å². The van der Waals surface area contributed by atoms with E-state index in [4.69, 9.17) is 0 Å². The molecule has 0 bridgehead atoms. The average molecular weight is 294 g/mol. The molecule has 1 aromatic heterocycles. The molecule has 2 rings (SSSR count). The van der Waals surface area contributed by atoms with Gasteiger partial charge in [-0.05, 0) is 26.7 Å². The van der Waals surface area contributed by atoms with E-state index in [-0.39, 0.29) is 0 Å². The lowest BCUT2D eigenvalue weighted by Gasteiger charge is -2.39. The first-order valence-electron chi connectivity index (χ1n) is 7.54. The van der Waals surface area contributed by atoms with Crippen molar-refractivity contribution in [3.8, 4) is 0 Å². The molecule has 0 aromatic carbocycles. The predicted molar refractivity (Wildman–Crippen MR) is 88.9 cm³/mol. The van der Waals surface area contributed by atoms with Gasteiger partial charge >= 0.3 is 0 Å². The van der Waals surface area contributed by atoms with E-state index >= 15 is 0 Å². The normalized spacial score (nSPS) is 18.1. The smallest absolute Gasteiger partial charge is 0.137 e. The molecule has 0 amide bonds. The molecule has 0 saturated carbocycles. The molecule has 4 nitrogen and oxygen atoms in total. The van der Waals surface area contributed by atoms with Crippen LogP contribution in [0.25, 0.3) is 0 Å². The summed E-state index contributed by atoms with van der Waals surface area (Å²) in [5.74, 6) is 3.29. The Morgan fingerprint density at radius 3 is 2.80 bits per heavy atom. The molecule has 0 unspecified atom stereocenters. The van der Waals surface area contributed by atoms with Gasteiger partial charge in [-0.25, -0.2) is 9.97 Å². The summed E-state index contributed by atoms with van der Waals surface area (Å²) >= 11 is 2.05. The molecule has 5 heteroatoms. The van der Waals surface area contributed by atoms with Gasteiger partial charge < -0.3 is 10.2 Å². The fourth-order valence-electron chi connectivity index (χ4n) is 2.59. The highest BCUT2D eigenvalue weighted by Gasteiger charge is 2.29. The fraction of sp³-hybridized carbons (Fsp3) is 0.733. The van der Waals surface area contributed by atoms with Crippen LogP contribution in [-0.2, 0) is 6.42 Å². The molecule has 1 saturated heterocycles. The number of hydrogen-bond donors (Lipinski definition) is 1. The van der Waals surface area contributed by atoms with Crippen LogP contribution in [0.1, 0.15) is 39.7 Å². The maximum absolute atomic E-state index is 4.57. The zero-order valence-corrected chi connectivity index (χ0v) is 13.9. The van der Waals surface area contributed by atoms with E-state index in [9.17, 15) is 0 Å². The van der Waals surface area contributed by atoms with E-state index in [1.165, 1.54) is 5.56 Å². The Balaban J connectivity index is 2.26. The first-order chi connectivity index (χ1) is 9.57. The van der Waals surface area contributed by atoms with Gasteiger partial charge in [0.25, 0.3) is 0 Å². The van der Waals surface area contributed by atoms with Gasteiger partial charge in [-0.1, -0.05) is 13.8 Å². The van der Waals surface area contributed by atoms with Crippen LogP contribution >= 0.6 is 11.8 Å². The van der Waals surface area contributed by atoms with E-state index < -0.39 is 0 Å². The van der Waals surface area contributed by atoms with Gasteiger partial charge in [-0.2, -0.15) is 11.8 Å². The summed E-state index contributed by atoms with van der Waals surface area (Å²) in [5, 5.41) is 3.43. The van der Waals surface area contributed by atoms with Crippen molar-refractivity contribution in [3.63, 3.8) is 0 Å². The number of nitrogens with one attached hydrogen (secondary N) is 1. The predicted octanol–water partition coefficient (Wildman–Crippen LogP) is 3.19. The van der Waals surface area contributed by atoms with Crippen LogP contribution in [0.4, 0.5) is 11.6 Å². The molecule has 20 heavy (non-hydrogen) atoms. The molecule has 0 radical (unpaired) electrons. The summed E-state index contributed by atoms with van der Waals surface area (Å²) < 4.78 is 0.297. The summed E-state index contributed by atoms with van der Waals surface area (Å²) in [4.78, 5) is 11.4. The highest BCUT2D eigenvalue weighted by molar-refractivity contribution is 8.00. The molecule has 1 fully saturated rings. The molecule has 112 valence electrons. The molecule has 2 heterocycles. The molecule has 1 aliphatic heterocycles. The van der Waals surface area contributed by atoms with E-state index in [2.05, 4.69) is 47.9 Å². The SMILES string of the molecule is CCCNc1ncnc(N2CCSC(C)(C)C2)c1CC. The van der Waals surface area contributed by atoms with Crippen molar-refractivity contribution < 1.29 is 0 Å². The van der Waals surface area contributed by atoms with Gasteiger partial charge in [-0.15, -0.1) is 0 Å². The van der Waals surface area contributed by atoms with Crippen LogP contribution in [0.3, 0.4) is 0 Å². The Labute approximate surface area is 126 Å². The van der Waals surface area contributed by atoms with Gasteiger partial charge in [0.2, 0.25) is 0 Å². The largest absolute Gasteiger partial charge is 0.370 e. The summed E-state index contributed by atoms with van der Waals surface area (Å²) in [7, 11) is 0. The fourth-order valence-corrected chi connectivity index (χ4v) is 3.71. The van der Waals surface area contributed by atoms with Crippen molar-refractivity contribution in [3.05, 3.63) is 11.9 Å².